The third-order valence-electron chi connectivity index (χ3n) is 2.40. The van der Waals surface area contributed by atoms with E-state index in [1.807, 2.05) is 29.8 Å². The van der Waals surface area contributed by atoms with E-state index in [4.69, 9.17) is 5.11 Å². The van der Waals surface area contributed by atoms with Crippen molar-refractivity contribution in [2.75, 3.05) is 6.54 Å². The number of aryl methyl sites for hydroxylation is 1. The first-order chi connectivity index (χ1) is 7.66. The summed E-state index contributed by atoms with van der Waals surface area (Å²) < 4.78 is 1.95. The minimum atomic E-state index is -0.848. The van der Waals surface area contributed by atoms with Gasteiger partial charge in [0.25, 0.3) is 0 Å². The Kier molecular flexibility index (Phi) is 2.87. The molecule has 2 aromatic rings. The Hall–Kier alpha value is -1.88. The van der Waals surface area contributed by atoms with Crippen molar-refractivity contribution in [3.63, 3.8) is 0 Å². The van der Waals surface area contributed by atoms with Gasteiger partial charge < -0.3 is 15.0 Å². The number of rotatable bonds is 4. The zero-order valence-corrected chi connectivity index (χ0v) is 8.97. The SMILES string of the molecule is Cn1cnc2cc(CNCC(=O)O)ccc21. The van der Waals surface area contributed by atoms with Crippen molar-refractivity contribution < 1.29 is 9.90 Å². The maximum atomic E-state index is 10.3. The Bertz CT molecular complexity index is 519. The molecule has 0 saturated heterocycles. The van der Waals surface area contributed by atoms with Crippen molar-refractivity contribution in [2.24, 2.45) is 7.05 Å². The number of aliphatic carboxylic acids is 1. The number of fused-ring (bicyclic) bond motifs is 1. The van der Waals surface area contributed by atoms with Crippen LogP contribution < -0.4 is 5.32 Å². The molecule has 0 aliphatic carbocycles. The molecule has 1 aromatic carbocycles. The molecule has 0 spiro atoms. The molecule has 0 saturated carbocycles. The number of benzene rings is 1. The van der Waals surface area contributed by atoms with E-state index in [9.17, 15) is 4.79 Å². The van der Waals surface area contributed by atoms with Gasteiger partial charge in [0.15, 0.2) is 0 Å². The highest BCUT2D eigenvalue weighted by molar-refractivity contribution is 5.76. The number of carbonyl (C=O) groups is 1. The van der Waals surface area contributed by atoms with Crippen LogP contribution >= 0.6 is 0 Å². The lowest BCUT2D eigenvalue weighted by Gasteiger charge is -2.02. The predicted molar refractivity (Wildman–Crippen MR) is 60.1 cm³/mol. The van der Waals surface area contributed by atoms with E-state index in [1.165, 1.54) is 0 Å². The summed E-state index contributed by atoms with van der Waals surface area (Å²) in [5, 5.41) is 11.3. The minimum Gasteiger partial charge on any atom is -0.480 e. The molecule has 0 fully saturated rings. The maximum absolute atomic E-state index is 10.3. The van der Waals surface area contributed by atoms with Crippen LogP contribution in [0.3, 0.4) is 0 Å². The lowest BCUT2D eigenvalue weighted by molar-refractivity contribution is -0.135. The molecular weight excluding hydrogens is 206 g/mol. The van der Waals surface area contributed by atoms with Crippen molar-refractivity contribution in [1.82, 2.24) is 14.9 Å². The lowest BCUT2D eigenvalue weighted by Crippen LogP contribution is -2.21. The van der Waals surface area contributed by atoms with E-state index in [1.54, 1.807) is 6.33 Å². The van der Waals surface area contributed by atoms with Gasteiger partial charge in [0.05, 0.1) is 23.9 Å². The fraction of sp³-hybridized carbons (Fsp3) is 0.273. The van der Waals surface area contributed by atoms with Crippen molar-refractivity contribution in [1.29, 1.82) is 0 Å². The van der Waals surface area contributed by atoms with Crippen LogP contribution in [0.2, 0.25) is 0 Å². The van der Waals surface area contributed by atoms with Crippen LogP contribution in [0.4, 0.5) is 0 Å². The number of nitrogens with zero attached hydrogens (tertiary/aromatic N) is 2. The number of hydrogen-bond acceptors (Lipinski definition) is 3. The van der Waals surface area contributed by atoms with Gasteiger partial charge in [-0.05, 0) is 17.7 Å². The van der Waals surface area contributed by atoms with E-state index < -0.39 is 5.97 Å². The van der Waals surface area contributed by atoms with E-state index in [0.717, 1.165) is 16.6 Å². The van der Waals surface area contributed by atoms with Crippen LogP contribution in [0.15, 0.2) is 24.5 Å². The molecule has 0 aliphatic rings. The number of nitrogens with one attached hydrogen (secondary N) is 1. The standard InChI is InChI=1S/C11H13N3O2/c1-14-7-13-9-4-8(2-3-10(9)14)5-12-6-11(15)16/h2-4,7,12H,5-6H2,1H3,(H,15,16). The molecule has 0 amide bonds. The summed E-state index contributed by atoms with van der Waals surface area (Å²) in [4.78, 5) is 14.6. The molecule has 5 nitrogen and oxygen atoms in total. The van der Waals surface area contributed by atoms with Crippen LogP contribution in [0.25, 0.3) is 11.0 Å². The highest BCUT2D eigenvalue weighted by atomic mass is 16.4. The second-order valence-corrected chi connectivity index (χ2v) is 3.68. The Morgan fingerprint density at radius 2 is 2.38 bits per heavy atom. The molecule has 1 aromatic heterocycles. The smallest absolute Gasteiger partial charge is 0.317 e. The molecule has 0 bridgehead atoms. The summed E-state index contributed by atoms with van der Waals surface area (Å²) in [5.41, 5.74) is 3.03. The second kappa shape index (κ2) is 4.32. The Morgan fingerprint density at radius 1 is 1.56 bits per heavy atom. The zero-order chi connectivity index (χ0) is 11.5. The summed E-state index contributed by atoms with van der Waals surface area (Å²) in [6.07, 6.45) is 1.76. The molecule has 16 heavy (non-hydrogen) atoms. The molecule has 0 aliphatic heterocycles. The molecule has 0 radical (unpaired) electrons. The van der Waals surface area contributed by atoms with Crippen LogP contribution in [-0.4, -0.2) is 27.2 Å². The first-order valence-corrected chi connectivity index (χ1v) is 4.99. The lowest BCUT2D eigenvalue weighted by atomic mass is 10.2. The number of hydrogen-bond donors (Lipinski definition) is 2. The van der Waals surface area contributed by atoms with E-state index in [0.29, 0.717) is 6.54 Å². The molecule has 5 heteroatoms. The van der Waals surface area contributed by atoms with Gasteiger partial charge in [-0.15, -0.1) is 0 Å². The fourth-order valence-electron chi connectivity index (χ4n) is 1.61. The van der Waals surface area contributed by atoms with E-state index in [2.05, 4.69) is 10.3 Å². The highest BCUT2D eigenvalue weighted by Gasteiger charge is 2.01. The summed E-state index contributed by atoms with van der Waals surface area (Å²) in [6, 6.07) is 5.92. The topological polar surface area (TPSA) is 67.2 Å². The van der Waals surface area contributed by atoms with Crippen LogP contribution in [0, 0.1) is 0 Å². The average molecular weight is 219 g/mol. The van der Waals surface area contributed by atoms with Crippen molar-refractivity contribution in [3.8, 4) is 0 Å². The molecule has 0 unspecified atom stereocenters. The van der Waals surface area contributed by atoms with Crippen molar-refractivity contribution >= 4 is 17.0 Å². The molecule has 2 N–H and O–H groups in total. The fourth-order valence-corrected chi connectivity index (χ4v) is 1.61. The largest absolute Gasteiger partial charge is 0.480 e. The van der Waals surface area contributed by atoms with Gasteiger partial charge in [0.2, 0.25) is 0 Å². The first kappa shape index (κ1) is 10.6. The maximum Gasteiger partial charge on any atom is 0.317 e. The van der Waals surface area contributed by atoms with Crippen LogP contribution in [0.1, 0.15) is 5.56 Å². The summed E-state index contributed by atoms with van der Waals surface area (Å²) >= 11 is 0. The quantitative estimate of drug-likeness (QED) is 0.796. The van der Waals surface area contributed by atoms with E-state index in [-0.39, 0.29) is 6.54 Å². The average Bonchev–Trinajstić information content (AvgIpc) is 2.60. The zero-order valence-electron chi connectivity index (χ0n) is 8.97. The van der Waals surface area contributed by atoms with Gasteiger partial charge in [-0.3, -0.25) is 4.79 Å². The molecule has 0 atom stereocenters. The highest BCUT2D eigenvalue weighted by Crippen LogP contribution is 2.13. The first-order valence-electron chi connectivity index (χ1n) is 4.99. The molecule has 1 heterocycles. The molecule has 2 rings (SSSR count). The van der Waals surface area contributed by atoms with Crippen LogP contribution in [-0.2, 0) is 18.4 Å². The predicted octanol–water partition coefficient (Wildman–Crippen LogP) is 0.747. The second-order valence-electron chi connectivity index (χ2n) is 3.68. The van der Waals surface area contributed by atoms with Gasteiger partial charge >= 0.3 is 5.97 Å². The van der Waals surface area contributed by atoms with Gasteiger partial charge in [-0.1, -0.05) is 6.07 Å². The Balaban J connectivity index is 2.11. The minimum absolute atomic E-state index is 0.0275. The normalized spacial score (nSPS) is 10.8. The number of carboxylic acids is 1. The van der Waals surface area contributed by atoms with Crippen LogP contribution in [0.5, 0.6) is 0 Å². The molecule has 84 valence electrons. The van der Waals surface area contributed by atoms with E-state index >= 15 is 0 Å². The van der Waals surface area contributed by atoms with Gasteiger partial charge in [-0.2, -0.15) is 0 Å². The number of aromatic nitrogens is 2. The third-order valence-corrected chi connectivity index (χ3v) is 2.40. The van der Waals surface area contributed by atoms with Gasteiger partial charge in [0.1, 0.15) is 0 Å². The molecular formula is C11H13N3O2. The summed E-state index contributed by atoms with van der Waals surface area (Å²) in [5.74, 6) is -0.848. The Labute approximate surface area is 92.7 Å². The summed E-state index contributed by atoms with van der Waals surface area (Å²) in [7, 11) is 1.94. The van der Waals surface area contributed by atoms with Crippen molar-refractivity contribution in [2.45, 2.75) is 6.54 Å². The van der Waals surface area contributed by atoms with Crippen molar-refractivity contribution in [3.05, 3.63) is 30.1 Å². The Morgan fingerprint density at radius 3 is 3.12 bits per heavy atom. The number of imidazole rings is 1. The summed E-state index contributed by atoms with van der Waals surface area (Å²) in [6.45, 7) is 0.513. The third kappa shape index (κ3) is 2.20. The number of carboxylic acid groups (broad SMARTS) is 1. The van der Waals surface area contributed by atoms with Gasteiger partial charge in [0, 0.05) is 13.6 Å². The monoisotopic (exact) mass is 219 g/mol. The van der Waals surface area contributed by atoms with Gasteiger partial charge in [-0.25, -0.2) is 4.98 Å².